The summed E-state index contributed by atoms with van der Waals surface area (Å²) in [5.41, 5.74) is 3.29. The first kappa shape index (κ1) is 19.1. The van der Waals surface area contributed by atoms with Gasteiger partial charge in [0.1, 0.15) is 5.82 Å². The van der Waals surface area contributed by atoms with Crippen LogP contribution in [0.4, 0.5) is 0 Å². The molecule has 2 N–H and O–H groups in total. The molecule has 27 heavy (non-hydrogen) atoms. The van der Waals surface area contributed by atoms with E-state index >= 15 is 0 Å². The van der Waals surface area contributed by atoms with Gasteiger partial charge >= 0.3 is 0 Å². The molecule has 3 aromatic rings. The monoisotopic (exact) mass is 382 g/mol. The van der Waals surface area contributed by atoms with Crippen molar-refractivity contribution in [2.24, 2.45) is 4.99 Å². The maximum absolute atomic E-state index is 4.50. The molecule has 0 aliphatic carbocycles. The van der Waals surface area contributed by atoms with Gasteiger partial charge in [0.05, 0.1) is 29.1 Å². The van der Waals surface area contributed by atoms with E-state index in [1.165, 1.54) is 4.88 Å². The number of nitrogens with one attached hydrogen (secondary N) is 2. The van der Waals surface area contributed by atoms with E-state index in [0.717, 1.165) is 46.7 Å². The number of thiazole rings is 1. The van der Waals surface area contributed by atoms with E-state index in [1.807, 2.05) is 38.4 Å². The zero-order valence-corrected chi connectivity index (χ0v) is 17.1. The second-order valence-electron chi connectivity index (χ2n) is 6.43. The van der Waals surface area contributed by atoms with Crippen LogP contribution >= 0.6 is 11.3 Å². The molecule has 0 radical (unpaired) electrons. The van der Waals surface area contributed by atoms with E-state index in [4.69, 9.17) is 0 Å². The highest BCUT2D eigenvalue weighted by Gasteiger charge is 2.11. The lowest BCUT2D eigenvalue weighted by Crippen LogP contribution is -2.39. The lowest BCUT2D eigenvalue weighted by atomic mass is 10.2. The zero-order valence-electron chi connectivity index (χ0n) is 16.3. The molecular weight excluding hydrogens is 356 g/mol. The quantitative estimate of drug-likeness (QED) is 0.506. The van der Waals surface area contributed by atoms with E-state index in [0.29, 0.717) is 6.54 Å². The average molecular weight is 383 g/mol. The SMILES string of the molecule is CN=C(NCCc1sc(C)nc1C)N(C)Cc1ncc(-c2ccccc2)[nH]1. The van der Waals surface area contributed by atoms with Gasteiger partial charge in [0.25, 0.3) is 0 Å². The maximum Gasteiger partial charge on any atom is 0.193 e. The molecule has 2 aromatic heterocycles. The molecule has 6 nitrogen and oxygen atoms in total. The normalized spacial score (nSPS) is 11.6. The van der Waals surface area contributed by atoms with Gasteiger partial charge in [-0.15, -0.1) is 11.3 Å². The van der Waals surface area contributed by atoms with E-state index in [-0.39, 0.29) is 0 Å². The standard InChI is InChI=1S/C20H26N6S/c1-14-18(27-15(2)24-14)10-11-22-20(21-3)26(4)13-19-23-12-17(25-19)16-8-6-5-7-9-16/h5-9,12H,10-11,13H2,1-4H3,(H,21,22)(H,23,25). The van der Waals surface area contributed by atoms with E-state index in [9.17, 15) is 0 Å². The van der Waals surface area contributed by atoms with Gasteiger partial charge in [0, 0.05) is 31.9 Å². The minimum atomic E-state index is 0.658. The van der Waals surface area contributed by atoms with Crippen molar-refractivity contribution in [1.82, 2.24) is 25.2 Å². The van der Waals surface area contributed by atoms with Crippen molar-refractivity contribution in [2.75, 3.05) is 20.6 Å². The topological polar surface area (TPSA) is 69.2 Å². The van der Waals surface area contributed by atoms with Crippen LogP contribution in [0.15, 0.2) is 41.5 Å². The summed E-state index contributed by atoms with van der Waals surface area (Å²) in [6, 6.07) is 10.2. The summed E-state index contributed by atoms with van der Waals surface area (Å²) in [4.78, 5) is 20.2. The number of rotatable bonds is 6. The molecule has 0 saturated heterocycles. The number of hydrogen-bond donors (Lipinski definition) is 2. The van der Waals surface area contributed by atoms with E-state index in [2.05, 4.69) is 49.2 Å². The summed E-state index contributed by atoms with van der Waals surface area (Å²) in [5.74, 6) is 1.76. The number of aromatic amines is 1. The Morgan fingerprint density at radius 1 is 1.26 bits per heavy atom. The molecule has 0 fully saturated rings. The summed E-state index contributed by atoms with van der Waals surface area (Å²) in [6.07, 6.45) is 2.83. The van der Waals surface area contributed by atoms with Gasteiger partial charge in [0.2, 0.25) is 0 Å². The predicted octanol–water partition coefficient (Wildman–Crippen LogP) is 3.40. The molecule has 0 bridgehead atoms. The fourth-order valence-corrected chi connectivity index (χ4v) is 3.92. The van der Waals surface area contributed by atoms with Crippen LogP contribution in [0.25, 0.3) is 11.3 Å². The lowest BCUT2D eigenvalue weighted by molar-refractivity contribution is 0.464. The highest BCUT2D eigenvalue weighted by Crippen LogP contribution is 2.18. The lowest BCUT2D eigenvalue weighted by Gasteiger charge is -2.21. The smallest absolute Gasteiger partial charge is 0.193 e. The second kappa shape index (κ2) is 8.81. The minimum absolute atomic E-state index is 0.658. The largest absolute Gasteiger partial charge is 0.356 e. The minimum Gasteiger partial charge on any atom is -0.356 e. The molecule has 0 saturated carbocycles. The Balaban J connectivity index is 1.55. The number of aliphatic imine (C=N–C) groups is 1. The Bertz CT molecular complexity index is 896. The van der Waals surface area contributed by atoms with Gasteiger partial charge in [-0.25, -0.2) is 9.97 Å². The molecule has 3 rings (SSSR count). The van der Waals surface area contributed by atoms with Crippen LogP contribution in [0.3, 0.4) is 0 Å². The number of nitrogens with zero attached hydrogens (tertiary/aromatic N) is 4. The van der Waals surface area contributed by atoms with Crippen molar-refractivity contribution in [2.45, 2.75) is 26.8 Å². The van der Waals surface area contributed by atoms with Crippen molar-refractivity contribution in [3.05, 3.63) is 57.9 Å². The predicted molar refractivity (Wildman–Crippen MR) is 112 cm³/mol. The third-order valence-electron chi connectivity index (χ3n) is 4.31. The van der Waals surface area contributed by atoms with Crippen LogP contribution in [-0.2, 0) is 13.0 Å². The Hall–Kier alpha value is -2.67. The Labute approximate surface area is 164 Å². The van der Waals surface area contributed by atoms with Crippen LogP contribution in [0, 0.1) is 13.8 Å². The summed E-state index contributed by atoms with van der Waals surface area (Å²) in [5, 5.41) is 4.55. The molecular formula is C20H26N6S. The third-order valence-corrected chi connectivity index (χ3v) is 5.44. The van der Waals surface area contributed by atoms with Crippen molar-refractivity contribution < 1.29 is 0 Å². The second-order valence-corrected chi connectivity index (χ2v) is 7.72. The highest BCUT2D eigenvalue weighted by molar-refractivity contribution is 7.11. The van der Waals surface area contributed by atoms with Crippen LogP contribution in [0.2, 0.25) is 0 Å². The summed E-state index contributed by atoms with van der Waals surface area (Å²) >= 11 is 1.77. The fraction of sp³-hybridized carbons (Fsp3) is 0.350. The number of hydrogen-bond acceptors (Lipinski definition) is 4. The molecule has 0 aliphatic rings. The molecule has 0 amide bonds. The molecule has 2 heterocycles. The van der Waals surface area contributed by atoms with Gasteiger partial charge < -0.3 is 15.2 Å². The molecule has 0 spiro atoms. The van der Waals surface area contributed by atoms with Gasteiger partial charge in [0.15, 0.2) is 5.96 Å². The van der Waals surface area contributed by atoms with Gasteiger partial charge in [-0.2, -0.15) is 0 Å². The van der Waals surface area contributed by atoms with Crippen LogP contribution in [-0.4, -0.2) is 46.5 Å². The summed E-state index contributed by atoms with van der Waals surface area (Å²) < 4.78 is 0. The van der Waals surface area contributed by atoms with Crippen LogP contribution < -0.4 is 5.32 Å². The number of H-pyrrole nitrogens is 1. The van der Waals surface area contributed by atoms with Crippen molar-refractivity contribution in [3.8, 4) is 11.3 Å². The van der Waals surface area contributed by atoms with Gasteiger partial charge in [-0.05, 0) is 19.4 Å². The first-order valence-electron chi connectivity index (χ1n) is 9.01. The molecule has 0 aliphatic heterocycles. The molecule has 7 heteroatoms. The van der Waals surface area contributed by atoms with E-state index in [1.54, 1.807) is 18.4 Å². The van der Waals surface area contributed by atoms with Crippen molar-refractivity contribution >= 4 is 17.3 Å². The third kappa shape index (κ3) is 4.95. The van der Waals surface area contributed by atoms with Crippen molar-refractivity contribution in [3.63, 3.8) is 0 Å². The van der Waals surface area contributed by atoms with Gasteiger partial charge in [-0.3, -0.25) is 4.99 Å². The fourth-order valence-electron chi connectivity index (χ4n) is 2.98. The average Bonchev–Trinajstić information content (AvgIpc) is 3.25. The molecule has 142 valence electrons. The molecule has 1 aromatic carbocycles. The number of guanidine groups is 1. The molecule has 0 unspecified atom stereocenters. The number of imidazole rings is 1. The van der Waals surface area contributed by atoms with E-state index < -0.39 is 0 Å². The zero-order chi connectivity index (χ0) is 19.2. The van der Waals surface area contributed by atoms with Crippen LogP contribution in [0.1, 0.15) is 21.4 Å². The summed E-state index contributed by atoms with van der Waals surface area (Å²) in [6.45, 7) is 5.60. The van der Waals surface area contributed by atoms with Crippen LogP contribution in [0.5, 0.6) is 0 Å². The number of benzene rings is 1. The highest BCUT2D eigenvalue weighted by atomic mass is 32.1. The first-order chi connectivity index (χ1) is 13.1. The van der Waals surface area contributed by atoms with Gasteiger partial charge in [-0.1, -0.05) is 30.3 Å². The molecule has 0 atom stereocenters. The number of aromatic nitrogens is 3. The Morgan fingerprint density at radius 3 is 2.70 bits per heavy atom. The summed E-state index contributed by atoms with van der Waals surface area (Å²) in [7, 11) is 3.82. The first-order valence-corrected chi connectivity index (χ1v) is 9.82. The number of aryl methyl sites for hydroxylation is 2. The van der Waals surface area contributed by atoms with Crippen molar-refractivity contribution in [1.29, 1.82) is 0 Å². The Morgan fingerprint density at radius 2 is 2.04 bits per heavy atom. The maximum atomic E-state index is 4.50. The Kier molecular flexibility index (Phi) is 6.24.